The number of amides is 5. The average molecular weight is 764 g/mol. The average Bonchev–Trinajstić information content (AvgIpc) is 3.14. The Bertz CT molecular complexity index is 1770. The largest absolute Gasteiger partial charge is 0.478 e. The first kappa shape index (κ1) is 42.6. The lowest BCUT2D eigenvalue weighted by Gasteiger charge is -2.40. The number of carboxylic acids is 1. The topological polar surface area (TPSA) is 175 Å². The van der Waals surface area contributed by atoms with Gasteiger partial charge in [-0.05, 0) is 74.9 Å². The van der Waals surface area contributed by atoms with E-state index in [0.717, 1.165) is 42.5 Å². The van der Waals surface area contributed by atoms with Gasteiger partial charge in [0.2, 0.25) is 11.8 Å². The molecule has 5 amide bonds. The third-order valence-corrected chi connectivity index (χ3v) is 10.5. The van der Waals surface area contributed by atoms with E-state index in [-0.39, 0.29) is 55.0 Å². The molecule has 3 aliphatic rings. The Labute approximate surface area is 323 Å². The van der Waals surface area contributed by atoms with Crippen LogP contribution in [0.25, 0.3) is 0 Å². The molecule has 0 saturated heterocycles. The molecule has 3 N–H and O–H groups in total. The third-order valence-electron chi connectivity index (χ3n) is 10.5. The molecule has 2 aromatic carbocycles. The number of anilines is 2. The van der Waals surface area contributed by atoms with E-state index in [2.05, 4.69) is 34.0 Å². The van der Waals surface area contributed by atoms with Crippen LogP contribution >= 0.6 is 0 Å². The second kappa shape index (κ2) is 18.0. The third kappa shape index (κ3) is 10.1. The van der Waals surface area contributed by atoms with Crippen LogP contribution in [0.2, 0.25) is 0 Å². The number of hydrogen-bond donors (Lipinski definition) is 3. The smallest absolute Gasteiger partial charge is 0.406 e. The predicted molar refractivity (Wildman–Crippen MR) is 209 cm³/mol. The molecular formula is C41H57N5O9. The summed E-state index contributed by atoms with van der Waals surface area (Å²) >= 11 is 0. The van der Waals surface area contributed by atoms with Crippen molar-refractivity contribution < 1.29 is 43.3 Å². The number of carbonyl (C=O) groups is 6. The van der Waals surface area contributed by atoms with Gasteiger partial charge in [-0.25, -0.2) is 14.4 Å². The lowest BCUT2D eigenvalue weighted by atomic mass is 9.80. The number of nitrogens with one attached hydrogen (secondary N) is 2. The number of hydrogen-bond acceptors (Lipinski definition) is 8. The molecule has 300 valence electrons. The van der Waals surface area contributed by atoms with Crippen molar-refractivity contribution in [2.75, 3.05) is 50.2 Å². The minimum absolute atomic E-state index is 0.00531. The normalized spacial score (nSPS) is 17.3. The number of nitrogens with zero attached hydrogens (tertiary/aromatic N) is 3. The fourth-order valence-corrected chi connectivity index (χ4v) is 7.71. The second-order valence-electron chi connectivity index (χ2n) is 16.0. The summed E-state index contributed by atoms with van der Waals surface area (Å²) in [6.07, 6.45) is 5.72. The van der Waals surface area contributed by atoms with Crippen LogP contribution in [-0.4, -0.2) is 98.4 Å². The molecule has 2 heterocycles. The quantitative estimate of drug-likeness (QED) is 0.270. The molecule has 0 bridgehead atoms. The zero-order chi connectivity index (χ0) is 40.7. The Hall–Kier alpha value is -5.14. The maximum atomic E-state index is 13.6. The van der Waals surface area contributed by atoms with Crippen molar-refractivity contribution in [3.8, 4) is 0 Å². The van der Waals surface area contributed by atoms with Crippen LogP contribution in [0.3, 0.4) is 0 Å². The summed E-state index contributed by atoms with van der Waals surface area (Å²) < 4.78 is 9.13. The number of aromatic carboxylic acids is 1. The van der Waals surface area contributed by atoms with E-state index < -0.39 is 29.0 Å². The van der Waals surface area contributed by atoms with Crippen LogP contribution in [-0.2, 0) is 31.9 Å². The van der Waals surface area contributed by atoms with Gasteiger partial charge in [-0.1, -0.05) is 59.1 Å². The number of fused-ring (bicyclic) bond motifs is 2. The molecule has 14 nitrogen and oxygen atoms in total. The van der Waals surface area contributed by atoms with Gasteiger partial charge in [0.15, 0.2) is 0 Å². The summed E-state index contributed by atoms with van der Waals surface area (Å²) in [6, 6.07) is 10.9. The van der Waals surface area contributed by atoms with Crippen LogP contribution in [0.5, 0.6) is 0 Å². The molecule has 0 radical (unpaired) electrons. The summed E-state index contributed by atoms with van der Waals surface area (Å²) in [5, 5.41) is 14.3. The second-order valence-corrected chi connectivity index (χ2v) is 16.0. The molecule has 55 heavy (non-hydrogen) atoms. The number of carbonyl (C=O) groups excluding carboxylic acids is 5. The SMILES string of the molecule is COC(=O)NCCN1C(=O)C(C)(C)Cc2ccc(C(=O)N(C(C)C)C3CCCCC3)cc21.COC(=O)NCCN1C(=O)C(C)(C)Cc2ccc(C(=O)O)cc21. The molecular weight excluding hydrogens is 706 g/mol. The number of methoxy groups -OCH3 is 2. The molecule has 0 atom stereocenters. The van der Waals surface area contributed by atoms with Crippen molar-refractivity contribution in [2.24, 2.45) is 10.8 Å². The molecule has 14 heteroatoms. The van der Waals surface area contributed by atoms with Gasteiger partial charge in [0, 0.05) is 66.0 Å². The fourth-order valence-electron chi connectivity index (χ4n) is 7.71. The van der Waals surface area contributed by atoms with Gasteiger partial charge < -0.3 is 39.9 Å². The number of alkyl carbamates (subject to hydrolysis) is 2. The Morgan fingerprint density at radius 2 is 1.20 bits per heavy atom. The maximum Gasteiger partial charge on any atom is 0.406 e. The minimum atomic E-state index is -1.04. The standard InChI is InChI=1S/C25H37N3O4.C16H20N2O5/c1-17(2)28(20-9-7-6-8-10-20)22(29)18-11-12-19-16-25(3,4)23(30)27(21(19)15-18)14-13-26-24(31)32-5;1-16(2)9-11-5-4-10(13(19)20)8-12(11)18(14(16)21)7-6-17-15(22)23-3/h11-12,15,17,20H,6-10,13-14,16H2,1-5H3,(H,26,31);4-5,8H,6-7,9H2,1-3H3,(H,17,22)(H,19,20). The van der Waals surface area contributed by atoms with Crippen LogP contribution in [0.15, 0.2) is 36.4 Å². The van der Waals surface area contributed by atoms with Crippen molar-refractivity contribution in [3.05, 3.63) is 58.7 Å². The first-order valence-electron chi connectivity index (χ1n) is 19.0. The van der Waals surface area contributed by atoms with E-state index in [9.17, 15) is 28.8 Å². The van der Waals surface area contributed by atoms with Crippen LogP contribution in [0.4, 0.5) is 21.0 Å². The molecule has 2 aliphatic heterocycles. The van der Waals surface area contributed by atoms with E-state index in [1.807, 2.05) is 50.8 Å². The number of carboxylic acid groups (broad SMARTS) is 1. The zero-order valence-electron chi connectivity index (χ0n) is 33.5. The lowest BCUT2D eigenvalue weighted by molar-refractivity contribution is -0.127. The van der Waals surface area contributed by atoms with Gasteiger partial charge >= 0.3 is 18.2 Å². The minimum Gasteiger partial charge on any atom is -0.478 e. The monoisotopic (exact) mass is 763 g/mol. The number of benzene rings is 2. The summed E-state index contributed by atoms with van der Waals surface area (Å²) in [4.78, 5) is 78.5. The molecule has 1 fully saturated rings. The summed E-state index contributed by atoms with van der Waals surface area (Å²) in [5.74, 6) is -1.12. The molecule has 0 aromatic heterocycles. The molecule has 0 unspecified atom stereocenters. The highest BCUT2D eigenvalue weighted by atomic mass is 16.5. The molecule has 5 rings (SSSR count). The van der Waals surface area contributed by atoms with Gasteiger partial charge in [0.05, 0.1) is 19.8 Å². The highest BCUT2D eigenvalue weighted by Gasteiger charge is 2.40. The zero-order valence-corrected chi connectivity index (χ0v) is 33.5. The Morgan fingerprint density at radius 3 is 1.62 bits per heavy atom. The lowest BCUT2D eigenvalue weighted by Crippen LogP contribution is -2.49. The first-order valence-corrected chi connectivity index (χ1v) is 19.0. The first-order chi connectivity index (χ1) is 25.9. The van der Waals surface area contributed by atoms with Crippen LogP contribution < -0.4 is 20.4 Å². The summed E-state index contributed by atoms with van der Waals surface area (Å²) in [6.45, 7) is 12.8. The highest BCUT2D eigenvalue weighted by molar-refractivity contribution is 6.03. The Morgan fingerprint density at radius 1 is 0.764 bits per heavy atom. The van der Waals surface area contributed by atoms with Crippen molar-refractivity contribution in [3.63, 3.8) is 0 Å². The maximum absolute atomic E-state index is 13.6. The van der Waals surface area contributed by atoms with E-state index in [0.29, 0.717) is 30.6 Å². The predicted octanol–water partition coefficient (Wildman–Crippen LogP) is 5.80. The van der Waals surface area contributed by atoms with Crippen molar-refractivity contribution in [1.82, 2.24) is 15.5 Å². The van der Waals surface area contributed by atoms with Gasteiger partial charge in [-0.2, -0.15) is 0 Å². The van der Waals surface area contributed by atoms with Crippen molar-refractivity contribution in [1.29, 1.82) is 0 Å². The van der Waals surface area contributed by atoms with Crippen LogP contribution in [0, 0.1) is 10.8 Å². The van der Waals surface area contributed by atoms with Gasteiger partial charge in [0.25, 0.3) is 5.91 Å². The van der Waals surface area contributed by atoms with Gasteiger partial charge in [-0.3, -0.25) is 14.4 Å². The van der Waals surface area contributed by atoms with E-state index in [1.54, 1.807) is 11.0 Å². The van der Waals surface area contributed by atoms with E-state index in [1.165, 1.54) is 37.7 Å². The highest BCUT2D eigenvalue weighted by Crippen LogP contribution is 2.39. The van der Waals surface area contributed by atoms with Crippen molar-refractivity contribution >= 4 is 47.3 Å². The molecule has 2 aromatic rings. The molecule has 1 saturated carbocycles. The van der Waals surface area contributed by atoms with Crippen LogP contribution in [0.1, 0.15) is 105 Å². The van der Waals surface area contributed by atoms with E-state index in [4.69, 9.17) is 5.11 Å². The Kier molecular flexibility index (Phi) is 13.9. The van der Waals surface area contributed by atoms with Crippen molar-refractivity contribution in [2.45, 2.75) is 98.6 Å². The summed E-state index contributed by atoms with van der Waals surface area (Å²) in [5.41, 5.74) is 2.91. The molecule has 1 aliphatic carbocycles. The van der Waals surface area contributed by atoms with E-state index >= 15 is 0 Å². The summed E-state index contributed by atoms with van der Waals surface area (Å²) in [7, 11) is 2.57. The van der Waals surface area contributed by atoms with Gasteiger partial charge in [-0.15, -0.1) is 0 Å². The number of rotatable bonds is 10. The van der Waals surface area contributed by atoms with Gasteiger partial charge in [0.1, 0.15) is 0 Å². The molecule has 0 spiro atoms. The number of ether oxygens (including phenoxy) is 2. The Balaban J connectivity index is 0.000000258. The fraction of sp³-hybridized carbons (Fsp3) is 0.561.